The Morgan fingerprint density at radius 1 is 1.08 bits per heavy atom. The zero-order chi connectivity index (χ0) is 17.2. The zero-order valence-electron chi connectivity index (χ0n) is 13.7. The molecule has 0 unspecified atom stereocenters. The van der Waals surface area contributed by atoms with Gasteiger partial charge in [-0.15, -0.1) is 11.3 Å². The molecule has 0 aliphatic carbocycles. The number of aromatic amines is 1. The number of ether oxygens (including phenoxy) is 1. The van der Waals surface area contributed by atoms with E-state index in [1.807, 2.05) is 60.7 Å². The van der Waals surface area contributed by atoms with Crippen LogP contribution in [0.15, 0.2) is 65.5 Å². The molecule has 124 valence electrons. The van der Waals surface area contributed by atoms with Gasteiger partial charge in [0.25, 0.3) is 5.56 Å². The highest BCUT2D eigenvalue weighted by atomic mass is 32.1. The third-order valence-electron chi connectivity index (χ3n) is 4.04. The van der Waals surface area contributed by atoms with Crippen molar-refractivity contribution in [1.82, 2.24) is 9.97 Å². The summed E-state index contributed by atoms with van der Waals surface area (Å²) in [5.41, 5.74) is 2.08. The molecule has 0 saturated heterocycles. The second-order valence-corrected chi connectivity index (χ2v) is 6.76. The predicted octanol–water partition coefficient (Wildman–Crippen LogP) is 4.25. The van der Waals surface area contributed by atoms with E-state index in [0.717, 1.165) is 26.6 Å². The van der Waals surface area contributed by atoms with Crippen molar-refractivity contribution in [1.29, 1.82) is 0 Å². The molecule has 0 bridgehead atoms. The highest BCUT2D eigenvalue weighted by Gasteiger charge is 2.10. The quantitative estimate of drug-likeness (QED) is 0.600. The van der Waals surface area contributed by atoms with Crippen molar-refractivity contribution in [3.8, 4) is 16.2 Å². The van der Waals surface area contributed by atoms with Crippen molar-refractivity contribution in [2.45, 2.75) is 6.42 Å². The van der Waals surface area contributed by atoms with Crippen molar-refractivity contribution < 1.29 is 4.74 Å². The summed E-state index contributed by atoms with van der Waals surface area (Å²) in [5, 5.41) is 0.641. The van der Waals surface area contributed by atoms with Crippen LogP contribution >= 0.6 is 11.3 Å². The fourth-order valence-corrected chi connectivity index (χ4v) is 3.80. The Bertz CT molecular complexity index is 1070. The van der Waals surface area contributed by atoms with Gasteiger partial charge in [-0.3, -0.25) is 4.79 Å². The summed E-state index contributed by atoms with van der Waals surface area (Å²) in [6.45, 7) is 0. The molecule has 5 heteroatoms. The number of thiophene rings is 1. The fraction of sp³-hybridized carbons (Fsp3) is 0.100. The lowest BCUT2D eigenvalue weighted by atomic mass is 10.1. The van der Waals surface area contributed by atoms with Crippen LogP contribution < -0.4 is 10.3 Å². The number of hydrogen-bond acceptors (Lipinski definition) is 4. The molecule has 0 aliphatic heterocycles. The van der Waals surface area contributed by atoms with E-state index in [9.17, 15) is 4.79 Å². The first-order valence-electron chi connectivity index (χ1n) is 7.94. The topological polar surface area (TPSA) is 55.0 Å². The van der Waals surface area contributed by atoms with Gasteiger partial charge in [0.1, 0.15) is 16.4 Å². The van der Waals surface area contributed by atoms with Gasteiger partial charge in [-0.1, -0.05) is 42.5 Å². The summed E-state index contributed by atoms with van der Waals surface area (Å²) >= 11 is 1.54. The Hall–Kier alpha value is -2.92. The second-order valence-electron chi connectivity index (χ2n) is 5.73. The SMILES string of the molecule is COc1ccc(Cc2nc3sc(-c4ccccc4)cc3c(=O)[nH]2)cc1. The van der Waals surface area contributed by atoms with E-state index in [0.29, 0.717) is 17.6 Å². The number of hydrogen-bond donors (Lipinski definition) is 1. The van der Waals surface area contributed by atoms with Gasteiger partial charge in [0, 0.05) is 11.3 Å². The summed E-state index contributed by atoms with van der Waals surface area (Å²) in [7, 11) is 1.64. The van der Waals surface area contributed by atoms with E-state index < -0.39 is 0 Å². The molecule has 2 heterocycles. The number of fused-ring (bicyclic) bond motifs is 1. The highest BCUT2D eigenvalue weighted by Crippen LogP contribution is 2.30. The number of methoxy groups -OCH3 is 1. The maximum absolute atomic E-state index is 12.4. The molecule has 2 aromatic heterocycles. The molecule has 0 aliphatic rings. The zero-order valence-corrected chi connectivity index (χ0v) is 14.5. The molecule has 1 N–H and O–H groups in total. The molecule has 4 rings (SSSR count). The standard InChI is InChI=1S/C20H16N2O2S/c1-24-15-9-7-13(8-10-15)11-18-21-19(23)16-12-17(25-20(16)22-18)14-5-3-2-4-6-14/h2-10,12H,11H2,1H3,(H,21,22,23). The van der Waals surface area contributed by atoms with E-state index in [4.69, 9.17) is 4.74 Å². The van der Waals surface area contributed by atoms with E-state index in [1.54, 1.807) is 18.4 Å². The monoisotopic (exact) mass is 348 g/mol. The smallest absolute Gasteiger partial charge is 0.259 e. The minimum Gasteiger partial charge on any atom is -0.497 e. The maximum Gasteiger partial charge on any atom is 0.259 e. The van der Waals surface area contributed by atoms with Gasteiger partial charge in [0.15, 0.2) is 0 Å². The van der Waals surface area contributed by atoms with E-state index in [2.05, 4.69) is 9.97 Å². The van der Waals surface area contributed by atoms with Gasteiger partial charge in [0.2, 0.25) is 0 Å². The van der Waals surface area contributed by atoms with E-state index in [-0.39, 0.29) is 5.56 Å². The van der Waals surface area contributed by atoms with Gasteiger partial charge in [-0.2, -0.15) is 0 Å². The Morgan fingerprint density at radius 2 is 1.84 bits per heavy atom. The van der Waals surface area contributed by atoms with Gasteiger partial charge in [0.05, 0.1) is 12.5 Å². The van der Waals surface area contributed by atoms with Crippen LogP contribution in [0.5, 0.6) is 5.75 Å². The van der Waals surface area contributed by atoms with E-state index in [1.165, 1.54) is 0 Å². The molecule has 2 aromatic carbocycles. The van der Waals surface area contributed by atoms with Crippen molar-refractivity contribution in [2.75, 3.05) is 7.11 Å². The fourth-order valence-electron chi connectivity index (χ4n) is 2.74. The molecular formula is C20H16N2O2S. The average molecular weight is 348 g/mol. The number of rotatable bonds is 4. The van der Waals surface area contributed by atoms with E-state index >= 15 is 0 Å². The first kappa shape index (κ1) is 15.6. The lowest BCUT2D eigenvalue weighted by Crippen LogP contribution is -2.10. The van der Waals surface area contributed by atoms with Crippen LogP contribution in [0, 0.1) is 0 Å². The lowest BCUT2D eigenvalue weighted by molar-refractivity contribution is 0.414. The Balaban J connectivity index is 1.70. The average Bonchev–Trinajstić information content (AvgIpc) is 3.08. The molecule has 4 nitrogen and oxygen atoms in total. The third kappa shape index (κ3) is 3.19. The van der Waals surface area contributed by atoms with Crippen LogP contribution in [0.2, 0.25) is 0 Å². The van der Waals surface area contributed by atoms with Gasteiger partial charge in [-0.05, 0) is 29.3 Å². The Labute approximate surface area is 148 Å². The number of benzene rings is 2. The number of H-pyrrole nitrogens is 1. The Kier molecular flexibility index (Phi) is 4.07. The molecule has 0 fully saturated rings. The minimum atomic E-state index is -0.0908. The third-order valence-corrected chi connectivity index (χ3v) is 5.12. The van der Waals surface area contributed by atoms with Crippen LogP contribution in [0.4, 0.5) is 0 Å². The largest absolute Gasteiger partial charge is 0.497 e. The van der Waals surface area contributed by atoms with Crippen LogP contribution in [0.1, 0.15) is 11.4 Å². The molecule has 4 aromatic rings. The number of nitrogens with one attached hydrogen (secondary N) is 1. The summed E-state index contributed by atoms with van der Waals surface area (Å²) in [5.74, 6) is 1.48. The van der Waals surface area contributed by atoms with Crippen LogP contribution in [0.3, 0.4) is 0 Å². The lowest BCUT2D eigenvalue weighted by Gasteiger charge is -2.03. The summed E-state index contributed by atoms with van der Waals surface area (Å²) in [6.07, 6.45) is 0.577. The molecule has 25 heavy (non-hydrogen) atoms. The van der Waals surface area contributed by atoms with Crippen LogP contribution in [0.25, 0.3) is 20.7 Å². The molecular weight excluding hydrogens is 332 g/mol. The minimum absolute atomic E-state index is 0.0908. The van der Waals surface area contributed by atoms with Gasteiger partial charge in [-0.25, -0.2) is 4.98 Å². The van der Waals surface area contributed by atoms with Gasteiger partial charge >= 0.3 is 0 Å². The summed E-state index contributed by atoms with van der Waals surface area (Å²) in [6, 6.07) is 19.7. The van der Waals surface area contributed by atoms with Crippen molar-refractivity contribution in [3.05, 3.63) is 82.4 Å². The second kappa shape index (κ2) is 6.53. The Morgan fingerprint density at radius 3 is 2.56 bits per heavy atom. The van der Waals surface area contributed by atoms with Crippen LogP contribution in [-0.4, -0.2) is 17.1 Å². The highest BCUT2D eigenvalue weighted by molar-refractivity contribution is 7.21. The normalized spacial score (nSPS) is 10.9. The molecule has 0 amide bonds. The predicted molar refractivity (Wildman–Crippen MR) is 101 cm³/mol. The van der Waals surface area contributed by atoms with Crippen molar-refractivity contribution in [2.24, 2.45) is 0 Å². The molecule has 0 radical (unpaired) electrons. The maximum atomic E-state index is 12.4. The van der Waals surface area contributed by atoms with Crippen molar-refractivity contribution in [3.63, 3.8) is 0 Å². The first-order chi connectivity index (χ1) is 12.2. The molecule has 0 atom stereocenters. The summed E-state index contributed by atoms with van der Waals surface area (Å²) < 4.78 is 5.17. The number of aromatic nitrogens is 2. The van der Waals surface area contributed by atoms with Crippen molar-refractivity contribution >= 4 is 21.6 Å². The first-order valence-corrected chi connectivity index (χ1v) is 8.75. The summed E-state index contributed by atoms with van der Waals surface area (Å²) in [4.78, 5) is 21.8. The van der Waals surface area contributed by atoms with Gasteiger partial charge < -0.3 is 9.72 Å². The molecule has 0 spiro atoms. The van der Waals surface area contributed by atoms with Crippen LogP contribution in [-0.2, 0) is 6.42 Å². The number of nitrogens with zero attached hydrogens (tertiary/aromatic N) is 1. The molecule has 0 saturated carbocycles.